The van der Waals surface area contributed by atoms with Gasteiger partial charge in [-0.15, -0.1) is 11.3 Å². The summed E-state index contributed by atoms with van der Waals surface area (Å²) >= 11 is 1.31. The standard InChI is InChI=1S/C14H19NO3S/c1-10(18-14(17)12-8-5-9-19-12)13(16)15-11-6-3-2-4-7-11/h5,8-11H,2-4,6-7H2,1H3,(H,15,16)/t10-/m1/s1. The molecule has 0 bridgehead atoms. The molecule has 0 spiro atoms. The highest BCUT2D eigenvalue weighted by atomic mass is 32.1. The zero-order valence-corrected chi connectivity index (χ0v) is 11.9. The molecule has 1 heterocycles. The number of ether oxygens (including phenoxy) is 1. The van der Waals surface area contributed by atoms with Gasteiger partial charge in [0.05, 0.1) is 0 Å². The van der Waals surface area contributed by atoms with Gasteiger partial charge in [0.15, 0.2) is 6.10 Å². The van der Waals surface area contributed by atoms with Crippen LogP contribution < -0.4 is 5.32 Å². The quantitative estimate of drug-likeness (QED) is 0.863. The average molecular weight is 281 g/mol. The fourth-order valence-corrected chi connectivity index (χ4v) is 2.84. The third-order valence-corrected chi connectivity index (χ3v) is 4.18. The number of hydrogen-bond acceptors (Lipinski definition) is 4. The number of hydrogen-bond donors (Lipinski definition) is 1. The first-order valence-electron chi connectivity index (χ1n) is 6.71. The summed E-state index contributed by atoms with van der Waals surface area (Å²) in [7, 11) is 0. The van der Waals surface area contributed by atoms with Crippen LogP contribution in [0.4, 0.5) is 0 Å². The minimum atomic E-state index is -0.739. The van der Waals surface area contributed by atoms with Crippen LogP contribution in [0.25, 0.3) is 0 Å². The summed E-state index contributed by atoms with van der Waals surface area (Å²) in [6.07, 6.45) is 4.88. The molecule has 1 aliphatic rings. The van der Waals surface area contributed by atoms with Crippen LogP contribution in [-0.2, 0) is 9.53 Å². The molecule has 0 saturated heterocycles. The van der Waals surface area contributed by atoms with Gasteiger partial charge in [0.2, 0.25) is 0 Å². The van der Waals surface area contributed by atoms with E-state index >= 15 is 0 Å². The van der Waals surface area contributed by atoms with Crippen LogP contribution in [0, 0.1) is 0 Å². The van der Waals surface area contributed by atoms with Gasteiger partial charge in [0.1, 0.15) is 4.88 Å². The van der Waals surface area contributed by atoms with E-state index in [0.29, 0.717) is 4.88 Å². The van der Waals surface area contributed by atoms with E-state index in [1.807, 2.05) is 5.38 Å². The lowest BCUT2D eigenvalue weighted by molar-refractivity contribution is -0.130. The van der Waals surface area contributed by atoms with E-state index in [1.165, 1.54) is 17.8 Å². The lowest BCUT2D eigenvalue weighted by Crippen LogP contribution is -2.42. The van der Waals surface area contributed by atoms with Crippen molar-refractivity contribution in [2.24, 2.45) is 0 Å². The molecular weight excluding hydrogens is 262 g/mol. The van der Waals surface area contributed by atoms with Crippen LogP contribution in [0.1, 0.15) is 48.7 Å². The Bertz CT molecular complexity index is 424. The van der Waals surface area contributed by atoms with Gasteiger partial charge in [-0.3, -0.25) is 4.79 Å². The first-order chi connectivity index (χ1) is 9.16. The second kappa shape index (κ2) is 6.70. The van der Waals surface area contributed by atoms with E-state index in [9.17, 15) is 9.59 Å². The molecule has 2 rings (SSSR count). The molecule has 1 aromatic rings. The molecule has 0 radical (unpaired) electrons. The van der Waals surface area contributed by atoms with Crippen LogP contribution in [0.5, 0.6) is 0 Å². The third kappa shape index (κ3) is 4.06. The maximum Gasteiger partial charge on any atom is 0.349 e. The number of amides is 1. The Morgan fingerprint density at radius 1 is 1.37 bits per heavy atom. The second-order valence-corrected chi connectivity index (χ2v) is 5.82. The minimum absolute atomic E-state index is 0.197. The molecule has 1 aliphatic carbocycles. The Hall–Kier alpha value is -1.36. The topological polar surface area (TPSA) is 55.4 Å². The van der Waals surface area contributed by atoms with Crippen molar-refractivity contribution in [1.82, 2.24) is 5.32 Å². The Balaban J connectivity index is 1.80. The summed E-state index contributed by atoms with van der Waals surface area (Å²) in [5.41, 5.74) is 0. The fourth-order valence-electron chi connectivity index (χ4n) is 2.23. The van der Waals surface area contributed by atoms with Gasteiger partial charge in [-0.05, 0) is 31.2 Å². The van der Waals surface area contributed by atoms with Gasteiger partial charge in [-0.25, -0.2) is 4.79 Å². The normalized spacial score (nSPS) is 17.7. The number of carbonyl (C=O) groups excluding carboxylic acids is 2. The van der Waals surface area contributed by atoms with Crippen molar-refractivity contribution in [2.75, 3.05) is 0 Å². The summed E-state index contributed by atoms with van der Waals surface area (Å²) in [5, 5.41) is 4.77. The fraction of sp³-hybridized carbons (Fsp3) is 0.571. The summed E-state index contributed by atoms with van der Waals surface area (Å²) in [6.45, 7) is 1.61. The Kier molecular flexibility index (Phi) is 4.96. The van der Waals surface area contributed by atoms with E-state index < -0.39 is 12.1 Å². The molecule has 4 nitrogen and oxygen atoms in total. The molecule has 5 heteroatoms. The first kappa shape index (κ1) is 14.1. The number of rotatable bonds is 4. The molecule has 0 aromatic carbocycles. The highest BCUT2D eigenvalue weighted by molar-refractivity contribution is 7.11. The molecule has 104 valence electrons. The Morgan fingerprint density at radius 2 is 2.11 bits per heavy atom. The van der Waals surface area contributed by atoms with Crippen molar-refractivity contribution in [3.63, 3.8) is 0 Å². The maximum absolute atomic E-state index is 11.9. The molecule has 0 unspecified atom stereocenters. The van der Waals surface area contributed by atoms with Gasteiger partial charge in [0, 0.05) is 6.04 Å². The summed E-state index contributed by atoms with van der Waals surface area (Å²) in [6, 6.07) is 3.72. The van der Waals surface area contributed by atoms with E-state index in [4.69, 9.17) is 4.74 Å². The molecule has 0 aliphatic heterocycles. The predicted octanol–water partition coefficient (Wildman–Crippen LogP) is 2.74. The van der Waals surface area contributed by atoms with Crippen molar-refractivity contribution in [3.05, 3.63) is 22.4 Å². The lowest BCUT2D eigenvalue weighted by Gasteiger charge is -2.24. The molecule has 1 atom stereocenters. The van der Waals surface area contributed by atoms with Crippen LogP contribution in [0.3, 0.4) is 0 Å². The van der Waals surface area contributed by atoms with E-state index in [1.54, 1.807) is 19.1 Å². The zero-order valence-electron chi connectivity index (χ0n) is 11.1. The average Bonchev–Trinajstić information content (AvgIpc) is 2.93. The molecule has 1 fully saturated rings. The molecular formula is C14H19NO3S. The van der Waals surface area contributed by atoms with Crippen molar-refractivity contribution >= 4 is 23.2 Å². The molecule has 1 N–H and O–H groups in total. The highest BCUT2D eigenvalue weighted by Gasteiger charge is 2.22. The minimum Gasteiger partial charge on any atom is -0.448 e. The van der Waals surface area contributed by atoms with Gasteiger partial charge >= 0.3 is 5.97 Å². The molecule has 1 aromatic heterocycles. The van der Waals surface area contributed by atoms with Crippen molar-refractivity contribution < 1.29 is 14.3 Å². The lowest BCUT2D eigenvalue weighted by atomic mass is 9.95. The number of thiophene rings is 1. The van der Waals surface area contributed by atoms with Crippen LogP contribution in [-0.4, -0.2) is 24.0 Å². The summed E-state index contributed by atoms with van der Waals surface area (Å²) < 4.78 is 5.16. The van der Waals surface area contributed by atoms with Crippen LogP contribution >= 0.6 is 11.3 Å². The number of nitrogens with one attached hydrogen (secondary N) is 1. The Labute approximate surface area is 117 Å². The number of esters is 1. The second-order valence-electron chi connectivity index (χ2n) is 4.87. The smallest absolute Gasteiger partial charge is 0.349 e. The highest BCUT2D eigenvalue weighted by Crippen LogP contribution is 2.17. The Morgan fingerprint density at radius 3 is 2.74 bits per heavy atom. The van der Waals surface area contributed by atoms with Crippen LogP contribution in [0.2, 0.25) is 0 Å². The van der Waals surface area contributed by atoms with Gasteiger partial charge in [-0.1, -0.05) is 25.3 Å². The van der Waals surface area contributed by atoms with E-state index in [0.717, 1.165) is 25.7 Å². The van der Waals surface area contributed by atoms with Gasteiger partial charge < -0.3 is 10.1 Å². The summed E-state index contributed by atoms with van der Waals surface area (Å²) in [4.78, 5) is 24.2. The summed E-state index contributed by atoms with van der Waals surface area (Å²) in [5.74, 6) is -0.627. The predicted molar refractivity (Wildman–Crippen MR) is 74.2 cm³/mol. The van der Waals surface area contributed by atoms with Crippen LogP contribution in [0.15, 0.2) is 17.5 Å². The van der Waals surface area contributed by atoms with Crippen molar-refractivity contribution in [3.8, 4) is 0 Å². The monoisotopic (exact) mass is 281 g/mol. The van der Waals surface area contributed by atoms with E-state index in [2.05, 4.69) is 5.32 Å². The van der Waals surface area contributed by atoms with Gasteiger partial charge in [0.25, 0.3) is 5.91 Å². The van der Waals surface area contributed by atoms with Gasteiger partial charge in [-0.2, -0.15) is 0 Å². The first-order valence-corrected chi connectivity index (χ1v) is 7.59. The maximum atomic E-state index is 11.9. The SMILES string of the molecule is C[C@@H](OC(=O)c1cccs1)C(=O)NC1CCCCC1. The largest absolute Gasteiger partial charge is 0.448 e. The molecule has 1 saturated carbocycles. The third-order valence-electron chi connectivity index (χ3n) is 3.33. The molecule has 1 amide bonds. The number of carbonyl (C=O) groups is 2. The van der Waals surface area contributed by atoms with Crippen molar-refractivity contribution in [1.29, 1.82) is 0 Å². The van der Waals surface area contributed by atoms with E-state index in [-0.39, 0.29) is 11.9 Å². The van der Waals surface area contributed by atoms with Crippen molar-refractivity contribution in [2.45, 2.75) is 51.2 Å². The zero-order chi connectivity index (χ0) is 13.7. The molecule has 19 heavy (non-hydrogen) atoms.